The SMILES string of the molecule is CC[C@@H]1c2nnc(C)n2-c2cnc(-n3cnc(C(=O)N4CCOCC4)c3)nc2N1C1CCCC1. The van der Waals surface area contributed by atoms with E-state index in [1.807, 2.05) is 13.1 Å². The number of hydrogen-bond acceptors (Lipinski definition) is 8. The van der Waals surface area contributed by atoms with Crippen LogP contribution in [0.25, 0.3) is 11.6 Å². The normalized spacial score (nSPS) is 20.5. The molecule has 2 fully saturated rings. The monoisotopic (exact) mass is 463 g/mol. The van der Waals surface area contributed by atoms with Crippen LogP contribution in [0.5, 0.6) is 0 Å². The molecule has 0 bridgehead atoms. The van der Waals surface area contributed by atoms with Crippen LogP contribution in [0.2, 0.25) is 0 Å². The molecule has 0 radical (unpaired) electrons. The molecule has 5 heterocycles. The summed E-state index contributed by atoms with van der Waals surface area (Å²) in [5.74, 6) is 3.09. The van der Waals surface area contributed by atoms with Crippen LogP contribution < -0.4 is 4.90 Å². The van der Waals surface area contributed by atoms with Crippen LogP contribution in [-0.2, 0) is 4.74 Å². The van der Waals surface area contributed by atoms with Gasteiger partial charge in [-0.1, -0.05) is 19.8 Å². The van der Waals surface area contributed by atoms with Gasteiger partial charge in [0.2, 0.25) is 5.95 Å². The van der Waals surface area contributed by atoms with Crippen molar-refractivity contribution in [2.75, 3.05) is 31.2 Å². The minimum absolute atomic E-state index is 0.0941. The van der Waals surface area contributed by atoms with E-state index >= 15 is 0 Å². The average Bonchev–Trinajstić information content (AvgIpc) is 3.64. The van der Waals surface area contributed by atoms with Crippen LogP contribution in [0, 0.1) is 6.92 Å². The maximum absolute atomic E-state index is 12.9. The van der Waals surface area contributed by atoms with Gasteiger partial charge in [-0.2, -0.15) is 4.98 Å². The maximum Gasteiger partial charge on any atom is 0.274 e. The number of aromatic nitrogens is 7. The molecule has 178 valence electrons. The highest BCUT2D eigenvalue weighted by atomic mass is 16.5. The van der Waals surface area contributed by atoms with Gasteiger partial charge in [-0.3, -0.25) is 13.9 Å². The molecule has 2 aliphatic heterocycles. The Morgan fingerprint density at radius 3 is 2.71 bits per heavy atom. The van der Waals surface area contributed by atoms with E-state index in [0.29, 0.717) is 44.0 Å². The summed E-state index contributed by atoms with van der Waals surface area (Å²) in [6.07, 6.45) is 10.8. The van der Waals surface area contributed by atoms with Crippen LogP contribution in [0.1, 0.15) is 67.2 Å². The molecule has 0 N–H and O–H groups in total. The third kappa shape index (κ3) is 3.37. The Kier molecular flexibility index (Phi) is 5.28. The predicted molar refractivity (Wildman–Crippen MR) is 123 cm³/mol. The zero-order valence-corrected chi connectivity index (χ0v) is 19.6. The largest absolute Gasteiger partial charge is 0.378 e. The number of nitrogens with zero attached hydrogens (tertiary/aromatic N) is 9. The molecule has 0 aromatic carbocycles. The minimum Gasteiger partial charge on any atom is -0.378 e. The predicted octanol–water partition coefficient (Wildman–Crippen LogP) is 2.24. The second-order valence-electron chi connectivity index (χ2n) is 9.16. The van der Waals surface area contributed by atoms with Crippen molar-refractivity contribution in [2.24, 2.45) is 0 Å². The summed E-state index contributed by atoms with van der Waals surface area (Å²) < 4.78 is 9.17. The number of fused-ring (bicyclic) bond motifs is 3. The Bertz CT molecular complexity index is 1210. The third-order valence-corrected chi connectivity index (χ3v) is 7.14. The van der Waals surface area contributed by atoms with Crippen molar-refractivity contribution in [3.8, 4) is 11.6 Å². The number of aryl methyl sites for hydroxylation is 1. The lowest BCUT2D eigenvalue weighted by molar-refractivity contribution is 0.0299. The van der Waals surface area contributed by atoms with Crippen molar-refractivity contribution >= 4 is 11.7 Å². The van der Waals surface area contributed by atoms with Gasteiger partial charge >= 0.3 is 0 Å². The first-order valence-corrected chi connectivity index (χ1v) is 12.1. The molecule has 3 aromatic rings. The summed E-state index contributed by atoms with van der Waals surface area (Å²) in [6.45, 7) is 6.42. The number of carbonyl (C=O) groups is 1. The van der Waals surface area contributed by atoms with E-state index in [1.165, 1.54) is 12.8 Å². The molecule has 6 rings (SSSR count). The fraction of sp³-hybridized carbons (Fsp3) is 0.565. The fourth-order valence-corrected chi connectivity index (χ4v) is 5.45. The first-order chi connectivity index (χ1) is 16.7. The number of imidazole rings is 1. The van der Waals surface area contributed by atoms with E-state index in [0.717, 1.165) is 42.4 Å². The van der Waals surface area contributed by atoms with Crippen LogP contribution in [0.15, 0.2) is 18.7 Å². The van der Waals surface area contributed by atoms with Crippen molar-refractivity contribution in [1.29, 1.82) is 0 Å². The van der Waals surface area contributed by atoms with E-state index in [2.05, 4.69) is 36.6 Å². The number of carbonyl (C=O) groups excluding carboxylic acids is 1. The van der Waals surface area contributed by atoms with Gasteiger partial charge in [0.1, 0.15) is 23.5 Å². The van der Waals surface area contributed by atoms with Gasteiger partial charge in [0, 0.05) is 25.3 Å². The second-order valence-corrected chi connectivity index (χ2v) is 9.16. The maximum atomic E-state index is 12.9. The van der Waals surface area contributed by atoms with Crippen LogP contribution >= 0.6 is 0 Å². The highest BCUT2D eigenvalue weighted by molar-refractivity contribution is 5.92. The molecule has 1 amide bonds. The topological polar surface area (TPSA) is 107 Å². The summed E-state index contributed by atoms with van der Waals surface area (Å²) >= 11 is 0. The molecular formula is C23H29N9O2. The van der Waals surface area contributed by atoms with Crippen molar-refractivity contribution in [2.45, 2.75) is 58.0 Å². The van der Waals surface area contributed by atoms with E-state index in [4.69, 9.17) is 9.72 Å². The Balaban J connectivity index is 1.40. The molecule has 0 spiro atoms. The van der Waals surface area contributed by atoms with Crippen molar-refractivity contribution in [1.82, 2.24) is 39.2 Å². The van der Waals surface area contributed by atoms with Crippen molar-refractivity contribution in [3.63, 3.8) is 0 Å². The van der Waals surface area contributed by atoms with Crippen LogP contribution in [0.3, 0.4) is 0 Å². The molecule has 0 unspecified atom stereocenters. The lowest BCUT2D eigenvalue weighted by Gasteiger charge is -2.41. The van der Waals surface area contributed by atoms with Gasteiger partial charge in [0.25, 0.3) is 5.91 Å². The molecule has 1 saturated carbocycles. The summed E-state index contributed by atoms with van der Waals surface area (Å²) in [7, 11) is 0. The second kappa shape index (κ2) is 8.46. The molecule has 3 aromatic heterocycles. The molecule has 1 atom stereocenters. The van der Waals surface area contributed by atoms with E-state index in [1.54, 1.807) is 22.0 Å². The molecule has 11 heteroatoms. The van der Waals surface area contributed by atoms with Gasteiger partial charge in [0.05, 0.1) is 25.5 Å². The third-order valence-electron chi connectivity index (χ3n) is 7.14. The van der Waals surface area contributed by atoms with E-state index < -0.39 is 0 Å². The summed E-state index contributed by atoms with van der Waals surface area (Å²) in [5.41, 5.74) is 1.29. The van der Waals surface area contributed by atoms with Gasteiger partial charge in [-0.05, 0) is 26.2 Å². The Morgan fingerprint density at radius 1 is 1.15 bits per heavy atom. The summed E-state index contributed by atoms with van der Waals surface area (Å²) in [5, 5.41) is 8.89. The Morgan fingerprint density at radius 2 is 1.94 bits per heavy atom. The molecular weight excluding hydrogens is 434 g/mol. The zero-order valence-electron chi connectivity index (χ0n) is 19.6. The Labute approximate surface area is 197 Å². The lowest BCUT2D eigenvalue weighted by Crippen LogP contribution is -2.42. The average molecular weight is 464 g/mol. The minimum atomic E-state index is -0.0941. The highest BCUT2D eigenvalue weighted by Gasteiger charge is 2.39. The number of morpholine rings is 1. The van der Waals surface area contributed by atoms with E-state index in [9.17, 15) is 4.79 Å². The number of amides is 1. The zero-order chi connectivity index (χ0) is 23.2. The molecule has 11 nitrogen and oxygen atoms in total. The van der Waals surface area contributed by atoms with Crippen molar-refractivity contribution < 1.29 is 9.53 Å². The van der Waals surface area contributed by atoms with Gasteiger partial charge in [0.15, 0.2) is 11.6 Å². The first kappa shape index (κ1) is 21.2. The summed E-state index contributed by atoms with van der Waals surface area (Å²) in [6, 6.07) is 0.527. The summed E-state index contributed by atoms with van der Waals surface area (Å²) in [4.78, 5) is 31.1. The quantitative estimate of drug-likeness (QED) is 0.580. The Hall–Kier alpha value is -3.34. The standard InChI is InChI=1S/C23H29N9O2/c1-3-18-21-28-27-15(2)31(21)19-12-24-23(26-20(19)32(18)16-6-4-5-7-16)30-13-17(25-14-30)22(33)29-8-10-34-11-9-29/h12-14,16,18H,3-11H2,1-2H3/t18-/m1/s1. The fourth-order valence-electron chi connectivity index (χ4n) is 5.45. The van der Waals surface area contributed by atoms with Gasteiger partial charge in [-0.25, -0.2) is 9.97 Å². The highest BCUT2D eigenvalue weighted by Crippen LogP contribution is 2.43. The van der Waals surface area contributed by atoms with Gasteiger partial charge < -0.3 is 14.5 Å². The molecule has 1 saturated heterocycles. The first-order valence-electron chi connectivity index (χ1n) is 12.1. The molecule has 34 heavy (non-hydrogen) atoms. The van der Waals surface area contributed by atoms with Crippen LogP contribution in [-0.4, -0.2) is 77.4 Å². The molecule has 3 aliphatic rings. The lowest BCUT2D eigenvalue weighted by atomic mass is 10.0. The number of anilines is 1. The number of rotatable bonds is 4. The van der Waals surface area contributed by atoms with E-state index in [-0.39, 0.29) is 11.9 Å². The number of ether oxygens (including phenoxy) is 1. The van der Waals surface area contributed by atoms with Crippen LogP contribution in [0.4, 0.5) is 5.82 Å². The smallest absolute Gasteiger partial charge is 0.274 e. The molecule has 1 aliphatic carbocycles. The van der Waals surface area contributed by atoms with Crippen molar-refractivity contribution in [3.05, 3.63) is 36.1 Å². The number of hydrogen-bond donors (Lipinski definition) is 0. The van der Waals surface area contributed by atoms with Gasteiger partial charge in [-0.15, -0.1) is 10.2 Å².